The number of likely N-dealkylation sites (tertiary alicyclic amines) is 1. The summed E-state index contributed by atoms with van der Waals surface area (Å²) in [5.74, 6) is -0.527. The monoisotopic (exact) mass is 437 g/mol. The highest BCUT2D eigenvalue weighted by molar-refractivity contribution is 5.99. The van der Waals surface area contributed by atoms with Crippen molar-refractivity contribution >= 4 is 17.7 Å². The number of hydrogen-bond acceptors (Lipinski definition) is 4. The van der Waals surface area contributed by atoms with Gasteiger partial charge in [0.1, 0.15) is 11.7 Å². The molecule has 0 bridgehead atoms. The van der Waals surface area contributed by atoms with Crippen molar-refractivity contribution in [1.29, 1.82) is 0 Å². The van der Waals surface area contributed by atoms with Crippen molar-refractivity contribution in [3.05, 3.63) is 53.3 Å². The van der Waals surface area contributed by atoms with Gasteiger partial charge in [-0.1, -0.05) is 30.3 Å². The fourth-order valence-electron chi connectivity index (χ4n) is 4.47. The van der Waals surface area contributed by atoms with E-state index < -0.39 is 6.04 Å². The van der Waals surface area contributed by atoms with Crippen LogP contribution >= 0.6 is 0 Å². The Morgan fingerprint density at radius 1 is 1.09 bits per heavy atom. The summed E-state index contributed by atoms with van der Waals surface area (Å²) in [7, 11) is 0. The van der Waals surface area contributed by atoms with E-state index in [9.17, 15) is 14.4 Å². The maximum Gasteiger partial charge on any atom is 0.275 e. The molecule has 3 heterocycles. The summed E-state index contributed by atoms with van der Waals surface area (Å²) in [5, 5.41) is 7.40. The molecule has 2 aliphatic heterocycles. The number of amides is 3. The van der Waals surface area contributed by atoms with Crippen molar-refractivity contribution < 1.29 is 14.4 Å². The largest absolute Gasteiger partial charge is 0.352 e. The Balaban J connectivity index is 1.54. The van der Waals surface area contributed by atoms with Crippen molar-refractivity contribution in [3.8, 4) is 0 Å². The first-order valence-corrected chi connectivity index (χ1v) is 11.5. The summed E-state index contributed by atoms with van der Waals surface area (Å²) in [4.78, 5) is 42.7. The minimum atomic E-state index is -0.495. The van der Waals surface area contributed by atoms with Gasteiger partial charge in [0.25, 0.3) is 11.8 Å². The molecule has 1 N–H and O–H groups in total. The molecule has 1 saturated heterocycles. The number of piperidine rings is 1. The van der Waals surface area contributed by atoms with E-state index in [-0.39, 0.29) is 29.5 Å². The van der Waals surface area contributed by atoms with Gasteiger partial charge >= 0.3 is 0 Å². The fourth-order valence-corrected chi connectivity index (χ4v) is 4.47. The van der Waals surface area contributed by atoms with E-state index in [1.165, 1.54) is 0 Å². The van der Waals surface area contributed by atoms with E-state index >= 15 is 0 Å². The quantitative estimate of drug-likeness (QED) is 0.778. The van der Waals surface area contributed by atoms with Crippen molar-refractivity contribution in [2.24, 2.45) is 0 Å². The van der Waals surface area contributed by atoms with Crippen LogP contribution in [-0.2, 0) is 17.9 Å². The van der Waals surface area contributed by atoms with Gasteiger partial charge in [-0.05, 0) is 45.1 Å². The van der Waals surface area contributed by atoms with Gasteiger partial charge in [0.2, 0.25) is 5.91 Å². The molecule has 8 heteroatoms. The average Bonchev–Trinajstić information content (AvgIpc) is 3.16. The third-order valence-electron chi connectivity index (χ3n) is 6.02. The SMILES string of the molecule is CC(C)NC(=O)[C@@H]1CCCCN1C(=O)c1cc2n(n1)CCCN(Cc1ccccc1)C2=O. The molecular formula is C24H31N5O3. The van der Waals surface area contributed by atoms with Gasteiger partial charge in [-0.15, -0.1) is 0 Å². The van der Waals surface area contributed by atoms with E-state index in [0.717, 1.165) is 24.8 Å². The van der Waals surface area contributed by atoms with Gasteiger partial charge in [-0.2, -0.15) is 5.10 Å². The lowest BCUT2D eigenvalue weighted by Crippen LogP contribution is -2.53. The summed E-state index contributed by atoms with van der Waals surface area (Å²) in [6, 6.07) is 11.0. The molecule has 1 fully saturated rings. The molecule has 0 saturated carbocycles. The second kappa shape index (κ2) is 9.54. The van der Waals surface area contributed by atoms with Gasteiger partial charge < -0.3 is 15.1 Å². The molecule has 0 unspecified atom stereocenters. The Kier molecular flexibility index (Phi) is 6.58. The number of aromatic nitrogens is 2. The summed E-state index contributed by atoms with van der Waals surface area (Å²) in [6.07, 6.45) is 3.17. The van der Waals surface area contributed by atoms with Crippen LogP contribution in [0.2, 0.25) is 0 Å². The summed E-state index contributed by atoms with van der Waals surface area (Å²) in [5.41, 5.74) is 1.73. The first-order valence-electron chi connectivity index (χ1n) is 11.5. The number of fused-ring (bicyclic) bond motifs is 1. The van der Waals surface area contributed by atoms with Gasteiger partial charge in [0.05, 0.1) is 0 Å². The Morgan fingerprint density at radius 3 is 2.62 bits per heavy atom. The van der Waals surface area contributed by atoms with E-state index in [4.69, 9.17) is 0 Å². The minimum absolute atomic E-state index is 0.0123. The van der Waals surface area contributed by atoms with Crippen LogP contribution in [0.5, 0.6) is 0 Å². The van der Waals surface area contributed by atoms with E-state index in [0.29, 0.717) is 38.3 Å². The van der Waals surface area contributed by atoms with Crippen LogP contribution in [0, 0.1) is 0 Å². The van der Waals surface area contributed by atoms with E-state index in [2.05, 4.69) is 10.4 Å². The van der Waals surface area contributed by atoms with Gasteiger partial charge in [-0.3, -0.25) is 19.1 Å². The first-order chi connectivity index (χ1) is 15.4. The lowest BCUT2D eigenvalue weighted by Gasteiger charge is -2.34. The number of nitrogens with zero attached hydrogens (tertiary/aromatic N) is 4. The number of benzene rings is 1. The smallest absolute Gasteiger partial charge is 0.275 e. The maximum atomic E-state index is 13.3. The first kappa shape index (κ1) is 22.0. The van der Waals surface area contributed by atoms with Crippen LogP contribution in [0.25, 0.3) is 0 Å². The maximum absolute atomic E-state index is 13.3. The van der Waals surface area contributed by atoms with Gasteiger partial charge in [-0.25, -0.2) is 0 Å². The molecule has 170 valence electrons. The number of rotatable bonds is 5. The normalized spacial score (nSPS) is 19.0. The Morgan fingerprint density at radius 2 is 1.88 bits per heavy atom. The summed E-state index contributed by atoms with van der Waals surface area (Å²) < 4.78 is 1.65. The second-order valence-corrected chi connectivity index (χ2v) is 8.88. The molecule has 0 spiro atoms. The highest BCUT2D eigenvalue weighted by Crippen LogP contribution is 2.22. The number of nitrogens with one attached hydrogen (secondary N) is 1. The van der Waals surface area contributed by atoms with Crippen molar-refractivity contribution in [2.45, 2.75) is 64.7 Å². The zero-order valence-corrected chi connectivity index (χ0v) is 18.8. The number of aryl methyl sites for hydroxylation is 1. The molecule has 0 radical (unpaired) electrons. The Hall–Kier alpha value is -3.16. The third-order valence-corrected chi connectivity index (χ3v) is 6.02. The highest BCUT2D eigenvalue weighted by atomic mass is 16.2. The molecule has 0 aliphatic carbocycles. The number of hydrogen-bond donors (Lipinski definition) is 1. The van der Waals surface area contributed by atoms with Crippen molar-refractivity contribution in [1.82, 2.24) is 24.9 Å². The molecule has 1 aromatic carbocycles. The van der Waals surface area contributed by atoms with Crippen LogP contribution in [0.4, 0.5) is 0 Å². The summed E-state index contributed by atoms with van der Waals surface area (Å²) in [6.45, 7) is 6.09. The molecule has 3 amide bonds. The lowest BCUT2D eigenvalue weighted by atomic mass is 10.0. The Labute approximate surface area is 188 Å². The van der Waals surface area contributed by atoms with E-state index in [1.807, 2.05) is 49.1 Å². The fraction of sp³-hybridized carbons (Fsp3) is 0.500. The predicted molar refractivity (Wildman–Crippen MR) is 120 cm³/mol. The number of carbonyl (C=O) groups is 3. The van der Waals surface area contributed by atoms with Crippen molar-refractivity contribution in [2.75, 3.05) is 13.1 Å². The average molecular weight is 438 g/mol. The van der Waals surface area contributed by atoms with Crippen LogP contribution in [0.15, 0.2) is 36.4 Å². The van der Waals surface area contributed by atoms with Crippen LogP contribution < -0.4 is 5.32 Å². The van der Waals surface area contributed by atoms with E-state index in [1.54, 1.807) is 15.6 Å². The molecule has 8 nitrogen and oxygen atoms in total. The molecule has 1 atom stereocenters. The Bertz CT molecular complexity index is 985. The highest BCUT2D eigenvalue weighted by Gasteiger charge is 2.35. The van der Waals surface area contributed by atoms with Crippen LogP contribution in [0.1, 0.15) is 66.1 Å². The standard InChI is InChI=1S/C24H31N5O3/c1-17(2)25-22(30)20-11-6-7-13-28(20)23(31)19-15-21-24(32)27(12-8-14-29(21)26-19)16-18-9-4-3-5-10-18/h3-5,9-10,15,17,20H,6-8,11-14,16H2,1-2H3,(H,25,30)/t20-/m0/s1. The summed E-state index contributed by atoms with van der Waals surface area (Å²) >= 11 is 0. The molecule has 4 rings (SSSR count). The van der Waals surface area contributed by atoms with Crippen molar-refractivity contribution in [3.63, 3.8) is 0 Å². The van der Waals surface area contributed by atoms with Gasteiger partial charge in [0.15, 0.2) is 5.69 Å². The molecule has 2 aliphatic rings. The van der Waals surface area contributed by atoms with Crippen LogP contribution in [-0.4, -0.2) is 62.5 Å². The van der Waals surface area contributed by atoms with Gasteiger partial charge in [0, 0.05) is 38.3 Å². The topological polar surface area (TPSA) is 87.5 Å². The van der Waals surface area contributed by atoms with Crippen LogP contribution in [0.3, 0.4) is 0 Å². The molecule has 2 aromatic rings. The zero-order chi connectivity index (χ0) is 22.7. The molecular weight excluding hydrogens is 406 g/mol. The molecule has 32 heavy (non-hydrogen) atoms. The molecule has 1 aromatic heterocycles. The number of carbonyl (C=O) groups excluding carboxylic acids is 3. The second-order valence-electron chi connectivity index (χ2n) is 8.88. The lowest BCUT2D eigenvalue weighted by molar-refractivity contribution is -0.127. The third kappa shape index (κ3) is 4.69. The predicted octanol–water partition coefficient (Wildman–Crippen LogP) is 2.45. The zero-order valence-electron chi connectivity index (χ0n) is 18.8. The minimum Gasteiger partial charge on any atom is -0.352 e.